The molecule has 1 spiro atoms. The maximum atomic E-state index is 6.38. The fraction of sp³-hybridized carbons (Fsp3) is 0.786. The Bertz CT molecular complexity index is 404. The quantitative estimate of drug-likeness (QED) is 0.753. The number of aryl methyl sites for hydroxylation is 1. The highest BCUT2D eigenvalue weighted by Crippen LogP contribution is 2.42. The van der Waals surface area contributed by atoms with Crippen LogP contribution in [0, 0.1) is 10.6 Å². The monoisotopic (exact) mass is 360 g/mol. The van der Waals surface area contributed by atoms with Gasteiger partial charge in [-0.25, -0.2) is 0 Å². The minimum absolute atomic E-state index is 0.234. The summed E-state index contributed by atoms with van der Waals surface area (Å²) in [6, 6.07) is 0. The molecule has 0 aromatic carbocycles. The summed E-state index contributed by atoms with van der Waals surface area (Å²) in [7, 11) is 0. The summed E-state index contributed by atoms with van der Waals surface area (Å²) in [6.07, 6.45) is 11.6. The van der Waals surface area contributed by atoms with Gasteiger partial charge < -0.3 is 4.74 Å². The van der Waals surface area contributed by atoms with E-state index in [-0.39, 0.29) is 5.60 Å². The van der Waals surface area contributed by atoms with Crippen LogP contribution in [-0.4, -0.2) is 21.5 Å². The van der Waals surface area contributed by atoms with E-state index in [0.717, 1.165) is 10.2 Å². The van der Waals surface area contributed by atoms with Crippen LogP contribution in [0.4, 0.5) is 0 Å². The Morgan fingerprint density at radius 3 is 2.83 bits per heavy atom. The molecule has 1 aliphatic heterocycles. The molecule has 1 unspecified atom stereocenters. The Hall–Kier alpha value is -0.100. The van der Waals surface area contributed by atoms with Crippen molar-refractivity contribution in [1.29, 1.82) is 0 Å². The molecule has 0 radical (unpaired) electrons. The van der Waals surface area contributed by atoms with Crippen LogP contribution in [0.25, 0.3) is 0 Å². The second-order valence-electron chi connectivity index (χ2n) is 5.85. The van der Waals surface area contributed by atoms with Crippen molar-refractivity contribution < 1.29 is 4.74 Å². The van der Waals surface area contributed by atoms with Crippen LogP contribution < -0.4 is 0 Å². The lowest BCUT2D eigenvalue weighted by atomic mass is 9.83. The standard InChI is InChI=1S/C14H21IN2O/c1-11-9-17(16-13(11)15)10-12-5-8-14(18-12)6-3-2-4-7-14/h9,12H,2-8,10H2,1H3. The molecular formula is C14H21IN2O. The van der Waals surface area contributed by atoms with E-state index in [2.05, 4.69) is 45.5 Å². The van der Waals surface area contributed by atoms with Gasteiger partial charge in [-0.3, -0.25) is 4.68 Å². The summed E-state index contributed by atoms with van der Waals surface area (Å²) in [6.45, 7) is 3.04. The fourth-order valence-electron chi connectivity index (χ4n) is 3.39. The van der Waals surface area contributed by atoms with E-state index in [9.17, 15) is 0 Å². The molecule has 0 amide bonds. The van der Waals surface area contributed by atoms with Gasteiger partial charge in [-0.05, 0) is 55.2 Å². The van der Waals surface area contributed by atoms with Crippen LogP contribution in [-0.2, 0) is 11.3 Å². The van der Waals surface area contributed by atoms with Crippen LogP contribution in [0.2, 0.25) is 0 Å². The number of nitrogens with zero attached hydrogens (tertiary/aromatic N) is 2. The largest absolute Gasteiger partial charge is 0.370 e. The van der Waals surface area contributed by atoms with Crippen LogP contribution in [0.5, 0.6) is 0 Å². The maximum absolute atomic E-state index is 6.38. The lowest BCUT2D eigenvalue weighted by Gasteiger charge is -2.33. The van der Waals surface area contributed by atoms with Crippen molar-refractivity contribution in [2.24, 2.45) is 0 Å². The first kappa shape index (κ1) is 12.9. The van der Waals surface area contributed by atoms with Crippen molar-refractivity contribution in [2.45, 2.75) is 70.1 Å². The van der Waals surface area contributed by atoms with E-state index in [4.69, 9.17) is 4.74 Å². The minimum Gasteiger partial charge on any atom is -0.370 e. The zero-order valence-corrected chi connectivity index (χ0v) is 13.1. The Balaban J connectivity index is 1.62. The summed E-state index contributed by atoms with van der Waals surface area (Å²) in [4.78, 5) is 0. The molecule has 0 N–H and O–H groups in total. The highest BCUT2D eigenvalue weighted by Gasteiger charge is 2.40. The van der Waals surface area contributed by atoms with E-state index in [1.54, 1.807) is 0 Å². The number of aromatic nitrogens is 2. The molecule has 1 saturated carbocycles. The van der Waals surface area contributed by atoms with Gasteiger partial charge in [0.2, 0.25) is 0 Å². The lowest BCUT2D eigenvalue weighted by Crippen LogP contribution is -2.32. The Morgan fingerprint density at radius 2 is 2.17 bits per heavy atom. The maximum Gasteiger partial charge on any atom is 0.126 e. The molecule has 2 aliphatic rings. The van der Waals surface area contributed by atoms with Crippen LogP contribution in [0.15, 0.2) is 6.20 Å². The lowest BCUT2D eigenvalue weighted by molar-refractivity contribution is -0.0688. The molecule has 4 heteroatoms. The number of rotatable bonds is 2. The first-order valence-electron chi connectivity index (χ1n) is 7.04. The summed E-state index contributed by atoms with van der Waals surface area (Å²) in [5.41, 5.74) is 1.50. The Kier molecular flexibility index (Phi) is 3.67. The molecule has 1 saturated heterocycles. The predicted octanol–water partition coefficient (Wildman–Crippen LogP) is 3.68. The zero-order valence-electron chi connectivity index (χ0n) is 11.0. The highest BCUT2D eigenvalue weighted by molar-refractivity contribution is 14.1. The topological polar surface area (TPSA) is 27.1 Å². The summed E-state index contributed by atoms with van der Waals surface area (Å²) in [5, 5.41) is 4.53. The SMILES string of the molecule is Cc1cn(CC2CCC3(CCCCC3)O2)nc1I. The predicted molar refractivity (Wildman–Crippen MR) is 79.6 cm³/mol. The van der Waals surface area contributed by atoms with Crippen LogP contribution >= 0.6 is 22.6 Å². The third kappa shape index (κ3) is 2.59. The van der Waals surface area contributed by atoms with Crippen molar-refractivity contribution >= 4 is 22.6 Å². The van der Waals surface area contributed by atoms with Crippen molar-refractivity contribution in [2.75, 3.05) is 0 Å². The molecule has 1 aromatic rings. The summed E-state index contributed by atoms with van der Waals surface area (Å²) < 4.78 is 9.55. The van der Waals surface area contributed by atoms with Crippen molar-refractivity contribution in [1.82, 2.24) is 9.78 Å². The normalized spacial score (nSPS) is 26.9. The third-order valence-electron chi connectivity index (χ3n) is 4.38. The van der Waals surface area contributed by atoms with Crippen LogP contribution in [0.3, 0.4) is 0 Å². The fourth-order valence-corrected chi connectivity index (χ4v) is 3.80. The van der Waals surface area contributed by atoms with E-state index < -0.39 is 0 Å². The Morgan fingerprint density at radius 1 is 1.39 bits per heavy atom. The van der Waals surface area contributed by atoms with Gasteiger partial charge in [-0.15, -0.1) is 0 Å². The molecule has 3 rings (SSSR count). The molecule has 0 bridgehead atoms. The number of hydrogen-bond acceptors (Lipinski definition) is 2. The van der Waals surface area contributed by atoms with Crippen molar-refractivity contribution in [3.05, 3.63) is 15.5 Å². The van der Waals surface area contributed by atoms with E-state index in [1.165, 1.54) is 50.5 Å². The first-order chi connectivity index (χ1) is 8.67. The van der Waals surface area contributed by atoms with Gasteiger partial charge in [-0.1, -0.05) is 19.3 Å². The van der Waals surface area contributed by atoms with E-state index in [1.807, 2.05) is 0 Å². The highest BCUT2D eigenvalue weighted by atomic mass is 127. The van der Waals surface area contributed by atoms with Crippen molar-refractivity contribution in [3.63, 3.8) is 0 Å². The van der Waals surface area contributed by atoms with E-state index >= 15 is 0 Å². The molecule has 1 aromatic heterocycles. The second-order valence-corrected chi connectivity index (χ2v) is 6.87. The van der Waals surface area contributed by atoms with Gasteiger partial charge in [0, 0.05) is 11.8 Å². The zero-order chi connectivity index (χ0) is 12.6. The molecule has 18 heavy (non-hydrogen) atoms. The van der Waals surface area contributed by atoms with Gasteiger partial charge in [0.05, 0.1) is 18.2 Å². The van der Waals surface area contributed by atoms with E-state index in [0.29, 0.717) is 6.10 Å². The summed E-state index contributed by atoms with van der Waals surface area (Å²) in [5.74, 6) is 0. The number of halogens is 1. The van der Waals surface area contributed by atoms with Crippen LogP contribution in [0.1, 0.15) is 50.5 Å². The molecule has 1 atom stereocenters. The first-order valence-corrected chi connectivity index (χ1v) is 8.12. The molecule has 2 heterocycles. The van der Waals surface area contributed by atoms with Gasteiger partial charge in [0.1, 0.15) is 3.70 Å². The second kappa shape index (κ2) is 5.12. The number of hydrogen-bond donors (Lipinski definition) is 0. The minimum atomic E-state index is 0.234. The Labute approximate surface area is 122 Å². The number of ether oxygens (including phenoxy) is 1. The summed E-state index contributed by atoms with van der Waals surface area (Å²) >= 11 is 2.30. The third-order valence-corrected chi connectivity index (χ3v) is 5.44. The molecular weight excluding hydrogens is 339 g/mol. The van der Waals surface area contributed by atoms with Gasteiger partial charge in [-0.2, -0.15) is 5.10 Å². The smallest absolute Gasteiger partial charge is 0.126 e. The average molecular weight is 360 g/mol. The molecule has 1 aliphatic carbocycles. The van der Waals surface area contributed by atoms with Gasteiger partial charge in [0.15, 0.2) is 0 Å². The van der Waals surface area contributed by atoms with Gasteiger partial charge in [0.25, 0.3) is 0 Å². The molecule has 100 valence electrons. The average Bonchev–Trinajstić information content (AvgIpc) is 2.86. The molecule has 2 fully saturated rings. The van der Waals surface area contributed by atoms with Gasteiger partial charge >= 0.3 is 0 Å². The molecule has 3 nitrogen and oxygen atoms in total. The van der Waals surface area contributed by atoms with Crippen molar-refractivity contribution in [3.8, 4) is 0 Å².